The number of phenolic OH excluding ortho intramolecular Hbond substituents is 1. The minimum Gasteiger partial charge on any atom is -0.507 e. The van der Waals surface area contributed by atoms with E-state index < -0.39 is 46.9 Å². The maximum Gasteiger partial charge on any atom is 0.298 e. The molecule has 28 heavy (non-hydrogen) atoms. The zero-order valence-corrected chi connectivity index (χ0v) is 16.3. The van der Waals surface area contributed by atoms with Gasteiger partial charge in [0.15, 0.2) is 0 Å². The van der Waals surface area contributed by atoms with E-state index in [0.29, 0.717) is 0 Å². The fourth-order valence-corrected chi connectivity index (χ4v) is 5.02. The van der Waals surface area contributed by atoms with Gasteiger partial charge in [-0.2, -0.15) is 31.8 Å². The molecule has 0 radical (unpaired) electrons. The molecule has 0 bridgehead atoms. The van der Waals surface area contributed by atoms with Gasteiger partial charge in [-0.25, -0.2) is 0 Å². The quantitative estimate of drug-likeness (QED) is 0.414. The normalized spacial score (nSPS) is 12.3. The summed E-state index contributed by atoms with van der Waals surface area (Å²) in [5.74, 6) is -1.02. The number of fused-ring (bicyclic) bond motifs is 1. The summed E-state index contributed by atoms with van der Waals surface area (Å²) in [6.45, 7) is 0. The van der Waals surface area contributed by atoms with Crippen LogP contribution in [0.15, 0.2) is 34.1 Å². The number of benzene rings is 2. The van der Waals surface area contributed by atoms with Gasteiger partial charge >= 0.3 is 0 Å². The van der Waals surface area contributed by atoms with E-state index in [0.717, 1.165) is 12.1 Å². The smallest absolute Gasteiger partial charge is 0.298 e. The molecule has 0 unspecified atom stereocenters. The zero-order chi connectivity index (χ0) is 20.9. The number of rotatable bonds is 4. The maximum atomic E-state index is 12.0. The first-order valence-corrected chi connectivity index (χ1v) is 10.6. The molecular weight excluding hydrogens is 459 g/mol. The van der Waals surface area contributed by atoms with E-state index in [1.165, 1.54) is 12.1 Å². The molecule has 3 rings (SSSR count). The summed E-state index contributed by atoms with van der Waals surface area (Å²) in [5.41, 5.74) is -0.536. The number of aromatic nitrogens is 3. The molecule has 0 saturated carbocycles. The van der Waals surface area contributed by atoms with Gasteiger partial charge in [0.05, 0.1) is 5.69 Å². The van der Waals surface area contributed by atoms with Gasteiger partial charge < -0.3 is 10.4 Å². The van der Waals surface area contributed by atoms with E-state index >= 15 is 0 Å². The molecule has 1 aromatic heterocycles. The largest absolute Gasteiger partial charge is 0.507 e. The fraction of sp³-hybridized carbons (Fsp3) is 0. The average molecular weight is 467 g/mol. The van der Waals surface area contributed by atoms with Crippen molar-refractivity contribution in [2.75, 3.05) is 5.32 Å². The third-order valence-corrected chi connectivity index (χ3v) is 5.73. The summed E-state index contributed by atoms with van der Waals surface area (Å²) < 4.78 is 67.0. The number of anilines is 2. The first kappa shape index (κ1) is 20.4. The highest BCUT2D eigenvalue weighted by atomic mass is 35.5. The molecule has 0 aliphatic rings. The summed E-state index contributed by atoms with van der Waals surface area (Å²) in [5, 5.41) is 11.2. The number of aromatic hydroxyl groups is 1. The Labute approximate surface area is 167 Å². The molecule has 0 amide bonds. The molecule has 1 heterocycles. The lowest BCUT2D eigenvalue weighted by Crippen LogP contribution is -2.13. The van der Waals surface area contributed by atoms with Crippen LogP contribution in [0.4, 0.5) is 11.6 Å². The highest BCUT2D eigenvalue weighted by Crippen LogP contribution is 2.40. The second-order valence-corrected chi connectivity index (χ2v) is 8.62. The molecule has 4 N–H and O–H groups in total. The second-order valence-electron chi connectivity index (χ2n) is 5.23. The molecule has 0 atom stereocenters. The lowest BCUT2D eigenvalue weighted by Gasteiger charge is -2.15. The van der Waals surface area contributed by atoms with E-state index in [4.69, 9.17) is 23.2 Å². The Bertz CT molecular complexity index is 1310. The van der Waals surface area contributed by atoms with Crippen molar-refractivity contribution in [2.24, 2.45) is 0 Å². The van der Waals surface area contributed by atoms with Crippen LogP contribution in [0.1, 0.15) is 0 Å². The highest BCUT2D eigenvalue weighted by Gasteiger charge is 2.32. The molecule has 2 aromatic carbocycles. The topological polar surface area (TPSA) is 180 Å². The number of nitrogens with zero attached hydrogens (tertiary/aromatic N) is 3. The van der Waals surface area contributed by atoms with Crippen LogP contribution >= 0.6 is 23.2 Å². The Hall–Kier alpha value is -2.29. The van der Waals surface area contributed by atoms with Crippen LogP contribution in [-0.4, -0.2) is 46.0 Å². The first-order valence-electron chi connectivity index (χ1n) is 6.95. The van der Waals surface area contributed by atoms with Crippen molar-refractivity contribution in [1.82, 2.24) is 15.0 Å². The molecule has 0 aliphatic carbocycles. The minimum atomic E-state index is -5.25. The number of hydrogen-bond donors (Lipinski definition) is 4. The van der Waals surface area contributed by atoms with Crippen LogP contribution in [0.3, 0.4) is 0 Å². The minimum absolute atomic E-state index is 0.00813. The Balaban J connectivity index is 2.46. The van der Waals surface area contributed by atoms with Crippen molar-refractivity contribution in [3.63, 3.8) is 0 Å². The molecule has 11 nitrogen and oxygen atoms in total. The van der Waals surface area contributed by atoms with Gasteiger partial charge in [-0.15, -0.1) is 0 Å². The van der Waals surface area contributed by atoms with Gasteiger partial charge in [0.25, 0.3) is 20.2 Å². The van der Waals surface area contributed by atoms with E-state index in [1.807, 2.05) is 0 Å². The van der Waals surface area contributed by atoms with Crippen molar-refractivity contribution >= 4 is 65.8 Å². The van der Waals surface area contributed by atoms with Crippen LogP contribution in [0.25, 0.3) is 10.8 Å². The molecule has 15 heteroatoms. The number of hydrogen-bond acceptors (Lipinski definition) is 9. The van der Waals surface area contributed by atoms with E-state index in [9.17, 15) is 31.0 Å². The van der Waals surface area contributed by atoms with Gasteiger partial charge in [0.2, 0.25) is 16.5 Å². The Morgan fingerprint density at radius 3 is 2.00 bits per heavy atom. The van der Waals surface area contributed by atoms with E-state index in [2.05, 4.69) is 20.3 Å². The molecule has 148 valence electrons. The molecule has 0 aliphatic heterocycles. The van der Waals surface area contributed by atoms with Crippen molar-refractivity contribution < 1.29 is 31.0 Å². The Morgan fingerprint density at radius 2 is 1.46 bits per heavy atom. The molecule has 0 saturated heterocycles. The average Bonchev–Trinajstić information content (AvgIpc) is 2.50. The van der Waals surface area contributed by atoms with Crippen molar-refractivity contribution in [2.45, 2.75) is 9.79 Å². The highest BCUT2D eigenvalue weighted by molar-refractivity contribution is 7.89. The molecular formula is C13H8Cl2N4O7S2. The first-order chi connectivity index (χ1) is 12.9. The van der Waals surface area contributed by atoms with Crippen molar-refractivity contribution in [3.8, 4) is 5.75 Å². The Morgan fingerprint density at radius 1 is 0.893 bits per heavy atom. The van der Waals surface area contributed by atoms with Crippen molar-refractivity contribution in [3.05, 3.63) is 34.8 Å². The summed E-state index contributed by atoms with van der Waals surface area (Å²) in [6, 6.07) is 4.83. The second kappa shape index (κ2) is 6.95. The third-order valence-electron chi connectivity index (χ3n) is 3.40. The summed E-state index contributed by atoms with van der Waals surface area (Å²) in [7, 11) is -10.5. The van der Waals surface area contributed by atoms with Crippen LogP contribution < -0.4 is 5.32 Å². The predicted molar refractivity (Wildman–Crippen MR) is 98.4 cm³/mol. The monoisotopic (exact) mass is 466 g/mol. The van der Waals surface area contributed by atoms with Crippen LogP contribution in [0, 0.1) is 0 Å². The van der Waals surface area contributed by atoms with Crippen molar-refractivity contribution in [1.29, 1.82) is 0 Å². The maximum absolute atomic E-state index is 12.0. The lowest BCUT2D eigenvalue weighted by molar-refractivity contribution is 0.464. The van der Waals surface area contributed by atoms with Gasteiger partial charge in [0.1, 0.15) is 15.5 Å². The number of halogens is 2. The van der Waals surface area contributed by atoms with E-state index in [-0.39, 0.29) is 21.9 Å². The van der Waals surface area contributed by atoms with Gasteiger partial charge in [-0.05, 0) is 40.7 Å². The van der Waals surface area contributed by atoms with Gasteiger partial charge in [-0.3, -0.25) is 9.11 Å². The van der Waals surface area contributed by atoms with Crippen LogP contribution in [0.5, 0.6) is 5.75 Å². The Kier molecular flexibility index (Phi) is 5.07. The van der Waals surface area contributed by atoms with Crippen LogP contribution in [-0.2, 0) is 20.2 Å². The fourth-order valence-electron chi connectivity index (χ4n) is 2.48. The summed E-state index contributed by atoms with van der Waals surface area (Å²) >= 11 is 11.3. The summed E-state index contributed by atoms with van der Waals surface area (Å²) in [6.07, 6.45) is 0. The summed E-state index contributed by atoms with van der Waals surface area (Å²) in [4.78, 5) is 8.33. The zero-order valence-electron chi connectivity index (χ0n) is 13.2. The third kappa shape index (κ3) is 3.94. The standard InChI is InChI=1S/C13H8Cl2N4O7S2/c14-11-17-12(15)19-13(18-11)16-6-4-5-2-1-3-7(20)8(5)10(28(24,25)26)9(6)27(21,22)23/h1-4,20H,(H,21,22,23)(H,24,25,26)(H,16,17,18,19). The lowest BCUT2D eigenvalue weighted by atomic mass is 10.1. The van der Waals surface area contributed by atoms with Crippen LogP contribution in [0.2, 0.25) is 10.6 Å². The number of nitrogens with one attached hydrogen (secondary N) is 1. The van der Waals surface area contributed by atoms with Gasteiger partial charge in [0, 0.05) is 5.39 Å². The number of phenols is 1. The molecule has 0 spiro atoms. The predicted octanol–water partition coefficient (Wildman–Crippen LogP) is 2.27. The van der Waals surface area contributed by atoms with E-state index in [1.54, 1.807) is 0 Å². The van der Waals surface area contributed by atoms with Gasteiger partial charge in [-0.1, -0.05) is 12.1 Å². The molecule has 0 fully saturated rings. The SMILES string of the molecule is O=S(=O)(O)c1c(Nc2nc(Cl)nc(Cl)n2)cc2cccc(O)c2c1S(=O)(=O)O. The molecule has 3 aromatic rings.